The van der Waals surface area contributed by atoms with Crippen molar-refractivity contribution in [1.29, 1.82) is 0 Å². The Labute approximate surface area is 221 Å². The molecule has 1 aliphatic rings. The highest BCUT2D eigenvalue weighted by Crippen LogP contribution is 2.40. The van der Waals surface area contributed by atoms with Gasteiger partial charge in [-0.2, -0.15) is 4.98 Å². The van der Waals surface area contributed by atoms with Crippen LogP contribution in [0.2, 0.25) is 0 Å². The van der Waals surface area contributed by atoms with Crippen molar-refractivity contribution >= 4 is 29.3 Å². The fourth-order valence-electron chi connectivity index (χ4n) is 4.41. The SMILES string of the molecule is CCc1ccc(NC(=O)C2=C(C)Nc3nc(SCc4ccccc4)nn3[C@H]2c2ccccc2OC)cc1. The van der Waals surface area contributed by atoms with E-state index in [-0.39, 0.29) is 5.91 Å². The molecular weight excluding hydrogens is 482 g/mol. The summed E-state index contributed by atoms with van der Waals surface area (Å²) in [4.78, 5) is 18.5. The number of thioether (sulfide) groups is 1. The second-order valence-electron chi connectivity index (χ2n) is 8.75. The number of hydrogen-bond donors (Lipinski definition) is 2. The molecule has 37 heavy (non-hydrogen) atoms. The minimum atomic E-state index is -0.513. The summed E-state index contributed by atoms with van der Waals surface area (Å²) in [6, 6.07) is 25.3. The predicted molar refractivity (Wildman–Crippen MR) is 148 cm³/mol. The largest absolute Gasteiger partial charge is 0.496 e. The monoisotopic (exact) mass is 511 g/mol. The molecule has 4 aromatic rings. The van der Waals surface area contributed by atoms with Gasteiger partial charge in [0.15, 0.2) is 0 Å². The molecular formula is C29H29N5O2S. The Balaban J connectivity index is 1.50. The van der Waals surface area contributed by atoms with Crippen LogP contribution in [-0.4, -0.2) is 27.8 Å². The topological polar surface area (TPSA) is 81.1 Å². The smallest absolute Gasteiger partial charge is 0.255 e. The molecule has 0 spiro atoms. The van der Waals surface area contributed by atoms with Crippen molar-refractivity contribution in [2.24, 2.45) is 0 Å². The molecule has 0 saturated heterocycles. The Morgan fingerprint density at radius 1 is 1.03 bits per heavy atom. The van der Waals surface area contributed by atoms with Gasteiger partial charge in [0.2, 0.25) is 11.1 Å². The highest BCUT2D eigenvalue weighted by atomic mass is 32.2. The molecule has 0 aliphatic carbocycles. The molecule has 0 fully saturated rings. The van der Waals surface area contributed by atoms with Crippen LogP contribution in [0.5, 0.6) is 5.75 Å². The van der Waals surface area contributed by atoms with Crippen molar-refractivity contribution in [1.82, 2.24) is 14.8 Å². The summed E-state index contributed by atoms with van der Waals surface area (Å²) in [7, 11) is 1.63. The molecule has 1 aromatic heterocycles. The summed E-state index contributed by atoms with van der Waals surface area (Å²) in [6.45, 7) is 4.00. The van der Waals surface area contributed by atoms with Crippen LogP contribution in [0.3, 0.4) is 0 Å². The normalized spacial score (nSPS) is 14.6. The molecule has 1 amide bonds. The highest BCUT2D eigenvalue weighted by molar-refractivity contribution is 7.98. The molecule has 2 heterocycles. The van der Waals surface area contributed by atoms with Crippen LogP contribution in [0.4, 0.5) is 11.6 Å². The summed E-state index contributed by atoms with van der Waals surface area (Å²) >= 11 is 1.56. The quantitative estimate of drug-likeness (QED) is 0.280. The van der Waals surface area contributed by atoms with Crippen molar-refractivity contribution < 1.29 is 9.53 Å². The number of amides is 1. The molecule has 188 valence electrons. The lowest BCUT2D eigenvalue weighted by atomic mass is 9.94. The second kappa shape index (κ2) is 10.9. The zero-order valence-electron chi connectivity index (χ0n) is 21.1. The number of allylic oxidation sites excluding steroid dienone is 1. The summed E-state index contributed by atoms with van der Waals surface area (Å²) < 4.78 is 7.48. The standard InChI is InChI=1S/C29H29N5O2S/c1-4-20-14-16-22(17-15-20)31-27(35)25-19(2)30-28-32-29(37-18-21-10-6-5-7-11-21)33-34(28)26(25)23-12-8-9-13-24(23)36-3/h5-17,26H,4,18H2,1-3H3,(H,31,35)(H,30,32,33)/t26-/m0/s1. The molecule has 1 aliphatic heterocycles. The van der Waals surface area contributed by atoms with Gasteiger partial charge in [0.05, 0.1) is 12.7 Å². The van der Waals surface area contributed by atoms with E-state index in [1.54, 1.807) is 23.6 Å². The number of aryl methyl sites for hydroxylation is 1. The van der Waals surface area contributed by atoms with Gasteiger partial charge in [-0.25, -0.2) is 4.68 Å². The van der Waals surface area contributed by atoms with E-state index in [4.69, 9.17) is 14.8 Å². The maximum atomic E-state index is 13.7. The van der Waals surface area contributed by atoms with Gasteiger partial charge in [-0.15, -0.1) is 5.10 Å². The van der Waals surface area contributed by atoms with E-state index in [2.05, 4.69) is 29.7 Å². The number of nitrogens with zero attached hydrogens (tertiary/aromatic N) is 3. The van der Waals surface area contributed by atoms with Gasteiger partial charge in [-0.3, -0.25) is 4.79 Å². The number of benzene rings is 3. The first-order valence-electron chi connectivity index (χ1n) is 12.2. The summed E-state index contributed by atoms with van der Waals surface area (Å²) in [5.41, 5.74) is 5.26. The maximum absolute atomic E-state index is 13.7. The number of carbonyl (C=O) groups excluding carboxylic acids is 1. The van der Waals surface area contributed by atoms with E-state index in [0.29, 0.717) is 22.4 Å². The average Bonchev–Trinajstić information content (AvgIpc) is 3.34. The Bertz CT molecular complexity index is 1430. The Morgan fingerprint density at radius 2 is 1.76 bits per heavy atom. The zero-order chi connectivity index (χ0) is 25.8. The molecule has 8 heteroatoms. The molecule has 3 aromatic carbocycles. The van der Waals surface area contributed by atoms with Gasteiger partial charge < -0.3 is 15.4 Å². The summed E-state index contributed by atoms with van der Waals surface area (Å²) in [5, 5.41) is 11.8. The Morgan fingerprint density at radius 3 is 2.49 bits per heavy atom. The van der Waals surface area contributed by atoms with Crippen LogP contribution in [0.15, 0.2) is 95.3 Å². The predicted octanol–water partition coefficient (Wildman–Crippen LogP) is 6.07. The second-order valence-corrected chi connectivity index (χ2v) is 9.69. The molecule has 7 nitrogen and oxygen atoms in total. The fraction of sp³-hybridized carbons (Fsp3) is 0.207. The molecule has 0 saturated carbocycles. The van der Waals surface area contributed by atoms with Crippen LogP contribution >= 0.6 is 11.8 Å². The molecule has 5 rings (SSSR count). The van der Waals surface area contributed by atoms with Crippen molar-refractivity contribution in [3.05, 3.63) is 107 Å². The maximum Gasteiger partial charge on any atom is 0.255 e. The van der Waals surface area contributed by atoms with Crippen molar-refractivity contribution in [3.8, 4) is 5.75 Å². The first kappa shape index (κ1) is 24.6. The van der Waals surface area contributed by atoms with E-state index >= 15 is 0 Å². The van der Waals surface area contributed by atoms with E-state index < -0.39 is 6.04 Å². The number of hydrogen-bond acceptors (Lipinski definition) is 6. The number of methoxy groups -OCH3 is 1. The van der Waals surface area contributed by atoms with Gasteiger partial charge in [-0.1, -0.05) is 79.3 Å². The summed E-state index contributed by atoms with van der Waals surface area (Å²) in [6.07, 6.45) is 0.942. The molecule has 0 radical (unpaired) electrons. The average molecular weight is 512 g/mol. The number of para-hydroxylation sites is 1. The van der Waals surface area contributed by atoms with E-state index in [0.717, 1.165) is 29.1 Å². The lowest BCUT2D eigenvalue weighted by molar-refractivity contribution is -0.113. The fourth-order valence-corrected chi connectivity index (χ4v) is 5.20. The Kier molecular flexibility index (Phi) is 7.28. The van der Waals surface area contributed by atoms with Crippen molar-refractivity contribution in [2.45, 2.75) is 37.2 Å². The third-order valence-electron chi connectivity index (χ3n) is 6.34. The van der Waals surface area contributed by atoms with Gasteiger partial charge in [-0.05, 0) is 42.7 Å². The van der Waals surface area contributed by atoms with Crippen LogP contribution in [0.25, 0.3) is 0 Å². The third-order valence-corrected chi connectivity index (χ3v) is 7.25. The Hall–Kier alpha value is -4.04. The first-order chi connectivity index (χ1) is 18.1. The lowest BCUT2D eigenvalue weighted by Gasteiger charge is -2.29. The lowest BCUT2D eigenvalue weighted by Crippen LogP contribution is -2.31. The number of rotatable bonds is 8. The minimum absolute atomic E-state index is 0.204. The number of ether oxygens (including phenoxy) is 1. The number of nitrogens with one attached hydrogen (secondary N) is 2. The van der Waals surface area contributed by atoms with Gasteiger partial charge in [0, 0.05) is 22.7 Å². The van der Waals surface area contributed by atoms with Gasteiger partial charge >= 0.3 is 0 Å². The van der Waals surface area contributed by atoms with Crippen LogP contribution < -0.4 is 15.4 Å². The number of aromatic nitrogens is 3. The molecule has 2 N–H and O–H groups in total. The number of fused-ring (bicyclic) bond motifs is 1. The van der Waals surface area contributed by atoms with E-state index in [1.807, 2.05) is 73.7 Å². The molecule has 0 unspecified atom stereocenters. The number of anilines is 2. The van der Waals surface area contributed by atoms with Crippen LogP contribution in [-0.2, 0) is 17.0 Å². The van der Waals surface area contributed by atoms with Crippen molar-refractivity contribution in [3.63, 3.8) is 0 Å². The van der Waals surface area contributed by atoms with Crippen molar-refractivity contribution in [2.75, 3.05) is 17.7 Å². The minimum Gasteiger partial charge on any atom is -0.496 e. The summed E-state index contributed by atoms with van der Waals surface area (Å²) in [5.74, 6) is 1.81. The van der Waals surface area contributed by atoms with Crippen LogP contribution in [0, 0.1) is 0 Å². The number of carbonyl (C=O) groups is 1. The highest BCUT2D eigenvalue weighted by Gasteiger charge is 2.36. The van der Waals surface area contributed by atoms with Gasteiger partial charge in [0.1, 0.15) is 11.8 Å². The molecule has 1 atom stereocenters. The zero-order valence-corrected chi connectivity index (χ0v) is 21.9. The molecule has 0 bridgehead atoms. The van der Waals surface area contributed by atoms with E-state index in [1.165, 1.54) is 11.1 Å². The van der Waals surface area contributed by atoms with Gasteiger partial charge in [0.25, 0.3) is 5.91 Å². The van der Waals surface area contributed by atoms with E-state index in [9.17, 15) is 4.79 Å². The van der Waals surface area contributed by atoms with Crippen LogP contribution in [0.1, 0.15) is 36.6 Å². The first-order valence-corrected chi connectivity index (χ1v) is 13.2. The third kappa shape index (κ3) is 5.24.